The summed E-state index contributed by atoms with van der Waals surface area (Å²) in [5, 5.41) is 4.16. The lowest BCUT2D eigenvalue weighted by Gasteiger charge is -2.07. The Morgan fingerprint density at radius 1 is 1.21 bits per heavy atom. The molecule has 0 saturated carbocycles. The van der Waals surface area contributed by atoms with E-state index in [2.05, 4.69) is 20.1 Å². The molecule has 7 nitrogen and oxygen atoms in total. The molecule has 0 amide bonds. The topological polar surface area (TPSA) is 74.4 Å². The van der Waals surface area contributed by atoms with Gasteiger partial charge in [-0.1, -0.05) is 6.92 Å². The fraction of sp³-hybridized carbons (Fsp3) is 0.333. The lowest BCUT2D eigenvalue weighted by molar-refractivity contribution is 0.308. The maximum Gasteiger partial charge on any atom is 0.260 e. The molecule has 19 heavy (non-hydrogen) atoms. The average molecular weight is 259 g/mol. The summed E-state index contributed by atoms with van der Waals surface area (Å²) in [5.74, 6) is 0.979. The summed E-state index contributed by atoms with van der Waals surface area (Å²) in [6.45, 7) is 2.62. The number of aromatic nitrogens is 5. The Bertz CT molecular complexity index is 725. The van der Waals surface area contributed by atoms with Crippen LogP contribution in [0.5, 0.6) is 11.8 Å². The molecule has 7 heteroatoms. The highest BCUT2D eigenvalue weighted by molar-refractivity contribution is 5.75. The van der Waals surface area contributed by atoms with E-state index >= 15 is 0 Å². The maximum absolute atomic E-state index is 5.60. The summed E-state index contributed by atoms with van der Waals surface area (Å²) in [6.07, 6.45) is 2.36. The van der Waals surface area contributed by atoms with Gasteiger partial charge in [0.1, 0.15) is 11.8 Å². The lowest BCUT2D eigenvalue weighted by Crippen LogP contribution is -2.04. The van der Waals surface area contributed by atoms with Crippen LogP contribution in [0.1, 0.15) is 13.3 Å². The van der Waals surface area contributed by atoms with E-state index in [1.165, 1.54) is 6.33 Å². The van der Waals surface area contributed by atoms with Crippen molar-refractivity contribution in [1.29, 1.82) is 0 Å². The van der Waals surface area contributed by atoms with Gasteiger partial charge in [0.2, 0.25) is 11.5 Å². The van der Waals surface area contributed by atoms with Crippen LogP contribution in [0.15, 0.2) is 18.5 Å². The molecule has 3 rings (SSSR count). The number of methoxy groups -OCH3 is 1. The Kier molecular flexibility index (Phi) is 2.86. The van der Waals surface area contributed by atoms with Gasteiger partial charge in [-0.3, -0.25) is 0 Å². The Balaban J connectivity index is 2.25. The van der Waals surface area contributed by atoms with Crippen molar-refractivity contribution >= 4 is 16.8 Å². The summed E-state index contributed by atoms with van der Waals surface area (Å²) < 4.78 is 12.3. The van der Waals surface area contributed by atoms with Crippen molar-refractivity contribution in [3.05, 3.63) is 18.5 Å². The third-order valence-electron chi connectivity index (χ3n) is 2.64. The molecule has 0 aromatic carbocycles. The number of pyridine rings is 1. The minimum absolute atomic E-state index is 0.471. The quantitative estimate of drug-likeness (QED) is 0.706. The molecule has 0 aliphatic rings. The molecule has 0 bridgehead atoms. The van der Waals surface area contributed by atoms with Crippen LogP contribution in [0.25, 0.3) is 16.8 Å². The fourth-order valence-corrected chi connectivity index (χ4v) is 1.78. The molecule has 98 valence electrons. The first-order chi connectivity index (χ1) is 9.33. The van der Waals surface area contributed by atoms with E-state index in [1.807, 2.05) is 13.0 Å². The highest BCUT2D eigenvalue weighted by Crippen LogP contribution is 2.22. The smallest absolute Gasteiger partial charge is 0.260 e. The van der Waals surface area contributed by atoms with Gasteiger partial charge < -0.3 is 9.47 Å². The van der Waals surface area contributed by atoms with Gasteiger partial charge in [-0.25, -0.2) is 9.97 Å². The van der Waals surface area contributed by atoms with E-state index in [0.717, 1.165) is 6.42 Å². The molecule has 0 radical (unpaired) electrons. The summed E-state index contributed by atoms with van der Waals surface area (Å²) >= 11 is 0. The molecule has 0 fully saturated rings. The maximum atomic E-state index is 5.60. The number of hydrogen-bond acceptors (Lipinski definition) is 6. The van der Waals surface area contributed by atoms with E-state index in [1.54, 1.807) is 17.7 Å². The Morgan fingerprint density at radius 2 is 2.11 bits per heavy atom. The van der Waals surface area contributed by atoms with Crippen LogP contribution in [0.2, 0.25) is 0 Å². The van der Waals surface area contributed by atoms with Crippen molar-refractivity contribution in [2.24, 2.45) is 0 Å². The largest absolute Gasteiger partial charge is 0.481 e. The number of hydrogen-bond donors (Lipinski definition) is 0. The van der Waals surface area contributed by atoms with Gasteiger partial charge >= 0.3 is 0 Å². The van der Waals surface area contributed by atoms with Crippen LogP contribution in [-0.4, -0.2) is 38.3 Å². The normalized spacial score (nSPS) is 11.1. The molecular weight excluding hydrogens is 246 g/mol. The van der Waals surface area contributed by atoms with Crippen molar-refractivity contribution in [2.75, 3.05) is 13.7 Å². The van der Waals surface area contributed by atoms with Crippen LogP contribution in [0.3, 0.4) is 0 Å². The SMILES string of the molecule is CCCOc1nc2ccc(OC)nc2n2ncnc12. The summed E-state index contributed by atoms with van der Waals surface area (Å²) in [5.41, 5.74) is 1.84. The first kappa shape index (κ1) is 11.6. The molecular formula is C12H13N5O2. The molecule has 0 unspecified atom stereocenters. The van der Waals surface area contributed by atoms with Gasteiger partial charge in [0.15, 0.2) is 5.65 Å². The van der Waals surface area contributed by atoms with Gasteiger partial charge in [0.05, 0.1) is 13.7 Å². The molecule has 3 heterocycles. The molecule has 3 aromatic rings. The standard InChI is InChI=1S/C12H13N5O2/c1-3-6-19-12-11-13-7-14-17(11)10-8(15-12)4-5-9(16-10)18-2/h4-5,7H,3,6H2,1-2H3. The van der Waals surface area contributed by atoms with E-state index in [4.69, 9.17) is 9.47 Å². The van der Waals surface area contributed by atoms with Crippen molar-refractivity contribution in [2.45, 2.75) is 13.3 Å². The summed E-state index contributed by atoms with van der Waals surface area (Å²) in [7, 11) is 1.57. The van der Waals surface area contributed by atoms with E-state index in [9.17, 15) is 0 Å². The second-order valence-electron chi connectivity index (χ2n) is 3.96. The zero-order chi connectivity index (χ0) is 13.2. The average Bonchev–Trinajstić information content (AvgIpc) is 2.94. The first-order valence-electron chi connectivity index (χ1n) is 6.00. The van der Waals surface area contributed by atoms with Crippen LogP contribution < -0.4 is 9.47 Å². The van der Waals surface area contributed by atoms with Gasteiger partial charge in [-0.15, -0.1) is 0 Å². The highest BCUT2D eigenvalue weighted by atomic mass is 16.5. The molecule has 0 aliphatic heterocycles. The number of fused-ring (bicyclic) bond motifs is 3. The highest BCUT2D eigenvalue weighted by Gasteiger charge is 2.13. The predicted molar refractivity (Wildman–Crippen MR) is 68.4 cm³/mol. The Morgan fingerprint density at radius 3 is 2.89 bits per heavy atom. The van der Waals surface area contributed by atoms with Crippen LogP contribution in [0, 0.1) is 0 Å². The molecule has 0 aliphatic carbocycles. The Labute approximate surface area is 109 Å². The van der Waals surface area contributed by atoms with Gasteiger partial charge in [-0.05, 0) is 12.5 Å². The van der Waals surface area contributed by atoms with Crippen LogP contribution in [-0.2, 0) is 0 Å². The van der Waals surface area contributed by atoms with Crippen LogP contribution in [0.4, 0.5) is 0 Å². The zero-order valence-electron chi connectivity index (χ0n) is 10.7. The van der Waals surface area contributed by atoms with Crippen LogP contribution >= 0.6 is 0 Å². The minimum Gasteiger partial charge on any atom is -0.481 e. The summed E-state index contributed by atoms with van der Waals surface area (Å²) in [6, 6.07) is 3.57. The third kappa shape index (κ3) is 1.92. The second-order valence-corrected chi connectivity index (χ2v) is 3.96. The van der Waals surface area contributed by atoms with Crippen molar-refractivity contribution in [3.8, 4) is 11.8 Å². The van der Waals surface area contributed by atoms with E-state index in [0.29, 0.717) is 35.2 Å². The van der Waals surface area contributed by atoms with E-state index < -0.39 is 0 Å². The second kappa shape index (κ2) is 4.68. The van der Waals surface area contributed by atoms with Gasteiger partial charge in [0, 0.05) is 6.07 Å². The third-order valence-corrected chi connectivity index (χ3v) is 2.64. The molecule has 0 atom stereocenters. The monoisotopic (exact) mass is 259 g/mol. The fourth-order valence-electron chi connectivity index (χ4n) is 1.78. The predicted octanol–water partition coefficient (Wildman–Crippen LogP) is 1.47. The molecule has 0 N–H and O–H groups in total. The van der Waals surface area contributed by atoms with Crippen molar-refractivity contribution in [1.82, 2.24) is 24.6 Å². The number of ether oxygens (including phenoxy) is 2. The number of rotatable bonds is 4. The lowest BCUT2D eigenvalue weighted by atomic mass is 10.4. The molecule has 3 aromatic heterocycles. The van der Waals surface area contributed by atoms with Gasteiger partial charge in [-0.2, -0.15) is 14.6 Å². The number of nitrogens with zero attached hydrogens (tertiary/aromatic N) is 5. The van der Waals surface area contributed by atoms with E-state index in [-0.39, 0.29) is 0 Å². The molecule has 0 spiro atoms. The molecule has 0 saturated heterocycles. The van der Waals surface area contributed by atoms with Gasteiger partial charge in [0.25, 0.3) is 5.88 Å². The first-order valence-corrected chi connectivity index (χ1v) is 6.00. The van der Waals surface area contributed by atoms with Crippen molar-refractivity contribution < 1.29 is 9.47 Å². The minimum atomic E-state index is 0.471. The zero-order valence-corrected chi connectivity index (χ0v) is 10.7. The summed E-state index contributed by atoms with van der Waals surface area (Å²) in [4.78, 5) is 12.9. The Hall–Kier alpha value is -2.44. The van der Waals surface area contributed by atoms with Crippen molar-refractivity contribution in [3.63, 3.8) is 0 Å².